The Morgan fingerprint density at radius 3 is 2.55 bits per heavy atom. The van der Waals surface area contributed by atoms with Crippen LogP contribution in [0.3, 0.4) is 0 Å². The molecule has 0 spiro atoms. The molecule has 29 heavy (non-hydrogen) atoms. The van der Waals surface area contributed by atoms with Gasteiger partial charge in [-0.3, -0.25) is 9.69 Å². The van der Waals surface area contributed by atoms with Crippen molar-refractivity contribution >= 4 is 28.8 Å². The van der Waals surface area contributed by atoms with Crippen LogP contribution in [0.5, 0.6) is 0 Å². The zero-order valence-electron chi connectivity index (χ0n) is 15.8. The number of amides is 3. The molecule has 2 aliphatic rings. The number of carboxylic acid groups (broad SMARTS) is 1. The number of carboxylic acids is 1. The van der Waals surface area contributed by atoms with Gasteiger partial charge in [0.15, 0.2) is 0 Å². The van der Waals surface area contributed by atoms with Gasteiger partial charge < -0.3 is 14.6 Å². The maximum absolute atomic E-state index is 12.8. The van der Waals surface area contributed by atoms with E-state index in [1.807, 2.05) is 24.3 Å². The Bertz CT molecular complexity index is 1180. The van der Waals surface area contributed by atoms with E-state index < -0.39 is 5.97 Å². The summed E-state index contributed by atoms with van der Waals surface area (Å²) in [4.78, 5) is 39.4. The Labute approximate surface area is 166 Å². The molecule has 1 N–H and O–H groups in total. The van der Waals surface area contributed by atoms with Crippen molar-refractivity contribution in [2.75, 3.05) is 13.6 Å². The monoisotopic (exact) mass is 389 g/mol. The Morgan fingerprint density at radius 2 is 1.83 bits per heavy atom. The van der Waals surface area contributed by atoms with Crippen LogP contribution >= 0.6 is 0 Å². The topological polar surface area (TPSA) is 82.8 Å². The Hall–Kier alpha value is -3.61. The first-order valence-corrected chi connectivity index (χ1v) is 9.44. The Morgan fingerprint density at radius 1 is 1.10 bits per heavy atom. The van der Waals surface area contributed by atoms with E-state index in [1.54, 1.807) is 29.2 Å². The minimum atomic E-state index is -0.956. The van der Waals surface area contributed by atoms with Gasteiger partial charge in [0.25, 0.3) is 0 Å². The summed E-state index contributed by atoms with van der Waals surface area (Å²) in [5, 5.41) is 10.1. The van der Waals surface area contributed by atoms with E-state index in [0.717, 1.165) is 27.7 Å². The zero-order valence-corrected chi connectivity index (χ0v) is 15.8. The number of likely N-dealkylation sites (N-methyl/N-ethyl adjacent to an activating group) is 1. The minimum Gasteiger partial charge on any atom is -0.478 e. The molecule has 3 aromatic rings. The Balaban J connectivity index is 1.65. The normalized spacial score (nSPS) is 18.3. The molecule has 0 aliphatic carbocycles. The van der Waals surface area contributed by atoms with Crippen LogP contribution in [-0.4, -0.2) is 51.0 Å². The highest BCUT2D eigenvalue weighted by Gasteiger charge is 2.44. The molecule has 1 aromatic heterocycles. The number of fused-ring (bicyclic) bond motifs is 6. The molecule has 3 heterocycles. The van der Waals surface area contributed by atoms with Crippen LogP contribution < -0.4 is 0 Å². The number of benzene rings is 2. The summed E-state index contributed by atoms with van der Waals surface area (Å²) in [5.41, 5.74) is 4.19. The summed E-state index contributed by atoms with van der Waals surface area (Å²) < 4.78 is 2.14. The number of carbonyl (C=O) groups excluding carboxylic acids is 2. The molecule has 3 amide bonds. The molecule has 1 atom stereocenters. The van der Waals surface area contributed by atoms with Crippen molar-refractivity contribution < 1.29 is 19.5 Å². The third-order valence-corrected chi connectivity index (χ3v) is 5.94. The number of para-hydroxylation sites is 1. The van der Waals surface area contributed by atoms with Gasteiger partial charge in [-0.1, -0.05) is 30.3 Å². The number of hydrogen-bond donors (Lipinski definition) is 1. The molecule has 2 bridgehead atoms. The predicted molar refractivity (Wildman–Crippen MR) is 106 cm³/mol. The van der Waals surface area contributed by atoms with E-state index in [-0.39, 0.29) is 23.4 Å². The lowest BCUT2D eigenvalue weighted by Gasteiger charge is -2.41. The van der Waals surface area contributed by atoms with Crippen molar-refractivity contribution in [2.24, 2.45) is 0 Å². The van der Waals surface area contributed by atoms with Crippen molar-refractivity contribution in [1.29, 1.82) is 0 Å². The lowest BCUT2D eigenvalue weighted by molar-refractivity contribution is -0.132. The summed E-state index contributed by atoms with van der Waals surface area (Å²) in [6.45, 7) is 1.40. The molecule has 1 saturated heterocycles. The SMILES string of the molecule is CN1C(=O)[C@@H]2CN(Cc3c2c2ccccc2n3Cc2ccc(C(=O)O)cc2)C1=O. The summed E-state index contributed by atoms with van der Waals surface area (Å²) >= 11 is 0. The number of rotatable bonds is 3. The molecule has 146 valence electrons. The first kappa shape index (κ1) is 17.5. The van der Waals surface area contributed by atoms with Crippen molar-refractivity contribution in [1.82, 2.24) is 14.4 Å². The number of aromatic nitrogens is 1. The number of imide groups is 1. The molecule has 1 fully saturated rings. The van der Waals surface area contributed by atoms with Gasteiger partial charge in [0.2, 0.25) is 5.91 Å². The average Bonchev–Trinajstić information content (AvgIpc) is 3.04. The molecule has 2 aromatic carbocycles. The lowest BCUT2D eigenvalue weighted by Crippen LogP contribution is -2.56. The average molecular weight is 389 g/mol. The largest absolute Gasteiger partial charge is 0.478 e. The molecule has 0 radical (unpaired) electrons. The van der Waals surface area contributed by atoms with Crippen LogP contribution in [0, 0.1) is 0 Å². The lowest BCUT2D eigenvalue weighted by atomic mass is 9.89. The van der Waals surface area contributed by atoms with Crippen molar-refractivity contribution in [2.45, 2.75) is 19.0 Å². The number of urea groups is 1. The van der Waals surface area contributed by atoms with Crippen molar-refractivity contribution in [3.63, 3.8) is 0 Å². The second-order valence-corrected chi connectivity index (χ2v) is 7.58. The van der Waals surface area contributed by atoms with Crippen LogP contribution in [0.15, 0.2) is 48.5 Å². The van der Waals surface area contributed by atoms with Gasteiger partial charge in [0.05, 0.1) is 18.0 Å². The van der Waals surface area contributed by atoms with Gasteiger partial charge in [-0.25, -0.2) is 9.59 Å². The third kappa shape index (κ3) is 2.54. The van der Waals surface area contributed by atoms with Crippen molar-refractivity contribution in [3.05, 3.63) is 70.9 Å². The van der Waals surface area contributed by atoms with E-state index in [4.69, 9.17) is 5.11 Å². The second-order valence-electron chi connectivity index (χ2n) is 7.58. The zero-order chi connectivity index (χ0) is 20.3. The van der Waals surface area contributed by atoms with E-state index >= 15 is 0 Å². The van der Waals surface area contributed by atoms with E-state index in [9.17, 15) is 14.4 Å². The molecular formula is C22H19N3O4. The molecule has 7 nitrogen and oxygen atoms in total. The van der Waals surface area contributed by atoms with E-state index in [1.165, 1.54) is 11.9 Å². The fraction of sp³-hybridized carbons (Fsp3) is 0.227. The number of aromatic carboxylic acids is 1. The standard InChI is InChI=1S/C22H19N3O4/c1-23-20(26)16-11-24(22(23)29)12-18-19(16)15-4-2-3-5-17(15)25(18)10-13-6-8-14(9-7-13)21(27)28/h2-9,16H,10-12H2,1H3,(H,27,28)/t16-/m1/s1. The summed E-state index contributed by atoms with van der Waals surface area (Å²) in [6.07, 6.45) is 0. The van der Waals surface area contributed by atoms with Crippen molar-refractivity contribution in [3.8, 4) is 0 Å². The third-order valence-electron chi connectivity index (χ3n) is 5.94. The highest BCUT2D eigenvalue weighted by atomic mass is 16.4. The number of hydrogen-bond acceptors (Lipinski definition) is 3. The molecule has 0 unspecified atom stereocenters. The van der Waals surface area contributed by atoms with Gasteiger partial charge in [0.1, 0.15) is 0 Å². The molecule has 0 saturated carbocycles. The van der Waals surface area contributed by atoms with E-state index in [0.29, 0.717) is 19.6 Å². The first-order chi connectivity index (χ1) is 14.0. The number of nitrogens with zero attached hydrogens (tertiary/aromatic N) is 3. The summed E-state index contributed by atoms with van der Waals surface area (Å²) in [6, 6.07) is 14.5. The van der Waals surface area contributed by atoms with Gasteiger partial charge >= 0.3 is 12.0 Å². The Kier molecular flexibility index (Phi) is 3.74. The fourth-order valence-electron chi connectivity index (χ4n) is 4.50. The molecular weight excluding hydrogens is 370 g/mol. The number of carbonyl (C=O) groups is 3. The highest BCUT2D eigenvalue weighted by molar-refractivity contribution is 6.04. The second kappa shape index (κ2) is 6.20. The van der Waals surface area contributed by atoms with Crippen LogP contribution in [0.4, 0.5) is 4.79 Å². The quantitative estimate of drug-likeness (QED) is 0.747. The van der Waals surface area contributed by atoms with Crippen LogP contribution in [-0.2, 0) is 17.9 Å². The predicted octanol–water partition coefficient (Wildman–Crippen LogP) is 2.88. The molecule has 7 heteroatoms. The van der Waals surface area contributed by atoms with Crippen LogP contribution in [0.1, 0.15) is 33.1 Å². The van der Waals surface area contributed by atoms with Gasteiger partial charge in [-0.2, -0.15) is 0 Å². The highest BCUT2D eigenvalue weighted by Crippen LogP contribution is 2.40. The summed E-state index contributed by atoms with van der Waals surface area (Å²) in [5.74, 6) is -1.48. The van der Waals surface area contributed by atoms with Gasteiger partial charge in [-0.15, -0.1) is 0 Å². The maximum atomic E-state index is 12.8. The maximum Gasteiger partial charge on any atom is 0.335 e. The fourth-order valence-corrected chi connectivity index (χ4v) is 4.50. The molecule has 2 aliphatic heterocycles. The molecule has 5 rings (SSSR count). The van der Waals surface area contributed by atoms with Gasteiger partial charge in [0, 0.05) is 36.7 Å². The van der Waals surface area contributed by atoms with E-state index in [2.05, 4.69) is 4.57 Å². The first-order valence-electron chi connectivity index (χ1n) is 9.44. The van der Waals surface area contributed by atoms with Crippen LogP contribution in [0.25, 0.3) is 10.9 Å². The van der Waals surface area contributed by atoms with Gasteiger partial charge in [-0.05, 0) is 29.3 Å². The minimum absolute atomic E-state index is 0.166. The smallest absolute Gasteiger partial charge is 0.335 e. The summed E-state index contributed by atoms with van der Waals surface area (Å²) in [7, 11) is 1.54. The van der Waals surface area contributed by atoms with Crippen LogP contribution in [0.2, 0.25) is 0 Å².